The summed E-state index contributed by atoms with van der Waals surface area (Å²) in [5, 5.41) is 0. The fraction of sp³-hybridized carbons (Fsp3) is 0.350. The summed E-state index contributed by atoms with van der Waals surface area (Å²) < 4.78 is 59.4. The van der Waals surface area contributed by atoms with Gasteiger partial charge in [-0.25, -0.2) is 21.1 Å². The highest BCUT2D eigenvalue weighted by atomic mass is 32.2. The van der Waals surface area contributed by atoms with Crippen LogP contribution in [0.1, 0.15) is 32.8 Å². The van der Waals surface area contributed by atoms with Crippen LogP contribution in [-0.2, 0) is 30.3 Å². The van der Waals surface area contributed by atoms with Crippen LogP contribution in [0.2, 0.25) is 0 Å². The Labute approximate surface area is 177 Å². The van der Waals surface area contributed by atoms with Crippen LogP contribution in [0, 0.1) is 0 Å². The number of carbonyl (C=O) groups is 1. The second-order valence-corrected chi connectivity index (χ2v) is 11.5. The Kier molecular flexibility index (Phi) is 5.59. The molecule has 0 unspecified atom stereocenters. The van der Waals surface area contributed by atoms with Gasteiger partial charge in [-0.05, 0) is 35.2 Å². The third kappa shape index (κ3) is 4.15. The van der Waals surface area contributed by atoms with E-state index in [2.05, 4.69) is 4.72 Å². The average molecular weight is 453 g/mol. The van der Waals surface area contributed by atoms with Gasteiger partial charge >= 0.3 is 0 Å². The molecule has 8 nitrogen and oxygen atoms in total. The number of hydrogen-bond donors (Lipinski definition) is 1. The maximum Gasteiger partial charge on any atom is 0.265 e. The van der Waals surface area contributed by atoms with Crippen molar-refractivity contribution in [1.82, 2.24) is 0 Å². The summed E-state index contributed by atoms with van der Waals surface area (Å²) in [4.78, 5) is 11.8. The minimum absolute atomic E-state index is 0.0310. The molecule has 10 heteroatoms. The molecule has 1 saturated heterocycles. The van der Waals surface area contributed by atoms with Crippen molar-refractivity contribution in [1.29, 1.82) is 0 Å². The summed E-state index contributed by atoms with van der Waals surface area (Å²) in [6.07, 6.45) is -0.145. The standard InChI is InChI=1S/C20H24N2O6S2/c1-20(2,3)15-7-5-6-8-16(15)21-30(26,27)18-13-14(9-10-17(18)28-4)22-19(23)11-12-29(22,24)25/h5-10,13,21H,11-12H2,1-4H3. The lowest BCUT2D eigenvalue weighted by Gasteiger charge is -2.24. The van der Waals surface area contributed by atoms with Crippen LogP contribution in [-0.4, -0.2) is 35.6 Å². The molecule has 0 saturated carbocycles. The highest BCUT2D eigenvalue weighted by Gasteiger charge is 2.37. The van der Waals surface area contributed by atoms with Crippen LogP contribution in [0.25, 0.3) is 0 Å². The van der Waals surface area contributed by atoms with Gasteiger partial charge in [-0.3, -0.25) is 9.52 Å². The van der Waals surface area contributed by atoms with Crippen LogP contribution in [0.15, 0.2) is 47.4 Å². The van der Waals surface area contributed by atoms with E-state index in [-0.39, 0.29) is 33.9 Å². The lowest BCUT2D eigenvalue weighted by atomic mass is 9.86. The number of hydrogen-bond acceptors (Lipinski definition) is 6. The van der Waals surface area contributed by atoms with Gasteiger partial charge < -0.3 is 4.74 Å². The third-order valence-electron chi connectivity index (χ3n) is 4.73. The Hall–Kier alpha value is -2.59. The Morgan fingerprint density at radius 3 is 2.33 bits per heavy atom. The number of ether oxygens (including phenoxy) is 1. The number of nitrogens with zero attached hydrogens (tertiary/aromatic N) is 1. The second kappa shape index (κ2) is 7.59. The van der Waals surface area contributed by atoms with E-state index in [0.717, 1.165) is 11.6 Å². The molecule has 2 aromatic rings. The van der Waals surface area contributed by atoms with Gasteiger partial charge in [0.2, 0.25) is 15.9 Å². The van der Waals surface area contributed by atoms with Crippen molar-refractivity contribution in [2.75, 3.05) is 21.9 Å². The Morgan fingerprint density at radius 1 is 1.10 bits per heavy atom. The Bertz CT molecular complexity index is 1200. The largest absolute Gasteiger partial charge is 0.495 e. The minimum Gasteiger partial charge on any atom is -0.495 e. The van der Waals surface area contributed by atoms with Crippen molar-refractivity contribution in [2.45, 2.75) is 37.5 Å². The fourth-order valence-electron chi connectivity index (χ4n) is 3.30. The summed E-state index contributed by atoms with van der Waals surface area (Å²) in [5.41, 5.74) is 0.840. The molecular weight excluding hydrogens is 428 g/mol. The van der Waals surface area contributed by atoms with Gasteiger partial charge in [0.25, 0.3) is 10.0 Å². The van der Waals surface area contributed by atoms with E-state index in [4.69, 9.17) is 4.74 Å². The predicted octanol–water partition coefficient (Wildman–Crippen LogP) is 2.86. The van der Waals surface area contributed by atoms with Gasteiger partial charge in [0.05, 0.1) is 24.2 Å². The number of nitrogens with one attached hydrogen (secondary N) is 1. The van der Waals surface area contributed by atoms with Gasteiger partial charge in [0, 0.05) is 6.42 Å². The summed E-state index contributed by atoms with van der Waals surface area (Å²) in [6.45, 7) is 5.89. The summed E-state index contributed by atoms with van der Waals surface area (Å²) in [7, 11) is -6.67. The number of amides is 1. The zero-order valence-corrected chi connectivity index (χ0v) is 18.8. The normalized spacial score (nSPS) is 16.5. The van der Waals surface area contributed by atoms with Crippen molar-refractivity contribution in [3.05, 3.63) is 48.0 Å². The minimum atomic E-state index is -4.15. The summed E-state index contributed by atoms with van der Waals surface area (Å²) in [5.74, 6) is -0.880. The van der Waals surface area contributed by atoms with Gasteiger partial charge in [0.1, 0.15) is 10.6 Å². The van der Waals surface area contributed by atoms with E-state index in [1.165, 1.54) is 19.2 Å². The molecule has 1 aliphatic rings. The number of benzene rings is 2. The van der Waals surface area contributed by atoms with Gasteiger partial charge in [-0.1, -0.05) is 39.0 Å². The molecule has 0 spiro atoms. The molecule has 0 aliphatic carbocycles. The number of rotatable bonds is 5. The molecule has 0 radical (unpaired) electrons. The van der Waals surface area contributed by atoms with Crippen LogP contribution in [0.4, 0.5) is 11.4 Å². The molecule has 1 aliphatic heterocycles. The quantitative estimate of drug-likeness (QED) is 0.747. The number of para-hydroxylation sites is 1. The van der Waals surface area contributed by atoms with Crippen molar-refractivity contribution in [2.24, 2.45) is 0 Å². The monoisotopic (exact) mass is 452 g/mol. The maximum absolute atomic E-state index is 13.2. The molecule has 1 heterocycles. The van der Waals surface area contributed by atoms with E-state index < -0.39 is 26.0 Å². The highest BCUT2D eigenvalue weighted by Crippen LogP contribution is 2.35. The first-order valence-corrected chi connectivity index (χ1v) is 12.3. The van der Waals surface area contributed by atoms with E-state index in [1.807, 2.05) is 32.9 Å². The van der Waals surface area contributed by atoms with E-state index in [0.29, 0.717) is 9.99 Å². The average Bonchev–Trinajstić information content (AvgIpc) is 2.93. The van der Waals surface area contributed by atoms with Crippen LogP contribution in [0.3, 0.4) is 0 Å². The SMILES string of the molecule is COc1ccc(N2C(=O)CCS2(=O)=O)cc1S(=O)(=O)Nc1ccccc1C(C)(C)C. The first-order valence-electron chi connectivity index (χ1n) is 9.23. The van der Waals surface area contributed by atoms with Gasteiger partial charge in [-0.2, -0.15) is 0 Å². The van der Waals surface area contributed by atoms with Crippen LogP contribution < -0.4 is 13.8 Å². The van der Waals surface area contributed by atoms with Crippen LogP contribution >= 0.6 is 0 Å². The smallest absolute Gasteiger partial charge is 0.265 e. The Balaban J connectivity index is 2.10. The third-order valence-corrected chi connectivity index (χ3v) is 7.81. The topological polar surface area (TPSA) is 110 Å². The van der Waals surface area contributed by atoms with E-state index in [9.17, 15) is 21.6 Å². The molecular formula is C20H24N2O6S2. The van der Waals surface area contributed by atoms with Crippen LogP contribution in [0.5, 0.6) is 5.75 Å². The summed E-state index contributed by atoms with van der Waals surface area (Å²) >= 11 is 0. The summed E-state index contributed by atoms with van der Waals surface area (Å²) in [6, 6.07) is 10.9. The molecule has 1 fully saturated rings. The molecule has 1 amide bonds. The molecule has 1 N–H and O–H groups in total. The van der Waals surface area contributed by atoms with Crippen molar-refractivity contribution >= 4 is 37.3 Å². The van der Waals surface area contributed by atoms with Crippen molar-refractivity contribution in [3.63, 3.8) is 0 Å². The van der Waals surface area contributed by atoms with E-state index in [1.54, 1.807) is 12.1 Å². The van der Waals surface area contributed by atoms with Gasteiger partial charge in [0.15, 0.2) is 0 Å². The maximum atomic E-state index is 13.2. The molecule has 3 rings (SSSR count). The van der Waals surface area contributed by atoms with Gasteiger partial charge in [-0.15, -0.1) is 0 Å². The number of methoxy groups -OCH3 is 1. The molecule has 0 atom stereocenters. The zero-order chi connectivity index (χ0) is 22.3. The molecule has 30 heavy (non-hydrogen) atoms. The number of anilines is 2. The first kappa shape index (κ1) is 22.1. The zero-order valence-electron chi connectivity index (χ0n) is 17.2. The molecule has 162 valence electrons. The molecule has 2 aromatic carbocycles. The Morgan fingerprint density at radius 2 is 1.77 bits per heavy atom. The lowest BCUT2D eigenvalue weighted by Crippen LogP contribution is -2.29. The molecule has 0 aromatic heterocycles. The number of sulfonamides is 2. The van der Waals surface area contributed by atoms with Crippen molar-refractivity contribution in [3.8, 4) is 5.75 Å². The second-order valence-electron chi connectivity index (χ2n) is 7.96. The molecule has 0 bridgehead atoms. The predicted molar refractivity (Wildman–Crippen MR) is 115 cm³/mol. The highest BCUT2D eigenvalue weighted by molar-refractivity contribution is 7.94. The van der Waals surface area contributed by atoms with E-state index >= 15 is 0 Å². The fourth-order valence-corrected chi connectivity index (χ4v) is 6.02. The van der Waals surface area contributed by atoms with Crippen molar-refractivity contribution < 1.29 is 26.4 Å². The lowest BCUT2D eigenvalue weighted by molar-refractivity contribution is -0.116. The first-order chi connectivity index (χ1) is 13.9. The number of carbonyl (C=O) groups excluding carboxylic acids is 1.